The summed E-state index contributed by atoms with van der Waals surface area (Å²) in [5, 5.41) is 20.3. The van der Waals surface area contributed by atoms with Gasteiger partial charge in [0.05, 0.1) is 6.04 Å². The summed E-state index contributed by atoms with van der Waals surface area (Å²) in [5.41, 5.74) is 6.91. The number of aromatic nitrogens is 1. The number of rotatable bonds is 12. The predicted molar refractivity (Wildman–Crippen MR) is 107 cm³/mol. The van der Waals surface area contributed by atoms with Crippen LogP contribution < -0.4 is 5.73 Å². The van der Waals surface area contributed by atoms with E-state index in [0.29, 0.717) is 11.4 Å². The molecule has 1 fully saturated rings. The van der Waals surface area contributed by atoms with Crippen molar-refractivity contribution in [2.75, 3.05) is 11.5 Å². The van der Waals surface area contributed by atoms with Crippen LogP contribution in [0.5, 0.6) is 0 Å². The van der Waals surface area contributed by atoms with Gasteiger partial charge in [0.2, 0.25) is 0 Å². The fourth-order valence-electron chi connectivity index (χ4n) is 3.16. The van der Waals surface area contributed by atoms with Crippen LogP contribution >= 0.6 is 11.8 Å². The van der Waals surface area contributed by atoms with E-state index in [1.807, 2.05) is 19.9 Å². The minimum Gasteiger partial charge on any atom is -0.479 e. The number of unbranched alkanes of at least 4 members (excludes halogenated alkanes) is 1. The molecule has 1 heterocycles. The van der Waals surface area contributed by atoms with Crippen molar-refractivity contribution >= 4 is 17.7 Å². The molecule has 1 saturated carbocycles. The minimum atomic E-state index is -1.99. The number of hydrogen-bond acceptors (Lipinski definition) is 5. The molecule has 0 saturated heterocycles. The van der Waals surface area contributed by atoms with Crippen LogP contribution in [0, 0.1) is 12.8 Å². The van der Waals surface area contributed by atoms with Crippen LogP contribution in [0.4, 0.5) is 0 Å². The molecule has 0 spiro atoms. The molecule has 146 valence electrons. The third-order valence-corrected chi connectivity index (χ3v) is 6.22. The van der Waals surface area contributed by atoms with Crippen molar-refractivity contribution in [3.05, 3.63) is 29.1 Å². The molecule has 0 radical (unpaired) electrons. The highest BCUT2D eigenvalue weighted by atomic mass is 32.2. The zero-order valence-corrected chi connectivity index (χ0v) is 16.7. The van der Waals surface area contributed by atoms with Crippen LogP contribution in [0.3, 0.4) is 0 Å². The van der Waals surface area contributed by atoms with Gasteiger partial charge in [-0.1, -0.05) is 32.6 Å². The number of pyridine rings is 1. The quantitative estimate of drug-likeness (QED) is 0.483. The fraction of sp³-hybridized carbons (Fsp3) is 0.700. The minimum absolute atomic E-state index is 0.0663. The summed E-state index contributed by atoms with van der Waals surface area (Å²) in [5.74, 6) is 0.906. The van der Waals surface area contributed by atoms with E-state index in [9.17, 15) is 15.0 Å². The Balaban J connectivity index is 2.02. The number of aliphatic carboxylic acids is 1. The Morgan fingerprint density at radius 1 is 1.46 bits per heavy atom. The Morgan fingerprint density at radius 3 is 2.81 bits per heavy atom. The molecule has 1 aliphatic rings. The van der Waals surface area contributed by atoms with E-state index in [4.69, 9.17) is 5.73 Å². The largest absolute Gasteiger partial charge is 0.479 e. The van der Waals surface area contributed by atoms with Crippen molar-refractivity contribution < 1.29 is 15.0 Å². The van der Waals surface area contributed by atoms with Crippen LogP contribution in [0.25, 0.3) is 0 Å². The first kappa shape index (κ1) is 21.2. The van der Waals surface area contributed by atoms with Gasteiger partial charge in [0, 0.05) is 24.1 Å². The molecule has 1 aliphatic carbocycles. The second-order valence-electron chi connectivity index (χ2n) is 7.46. The topological polar surface area (TPSA) is 96.4 Å². The van der Waals surface area contributed by atoms with E-state index >= 15 is 0 Å². The molecule has 5 nitrogen and oxygen atoms in total. The monoisotopic (exact) mass is 380 g/mol. The molecule has 2 atom stereocenters. The van der Waals surface area contributed by atoms with Gasteiger partial charge in [-0.15, -0.1) is 0 Å². The Morgan fingerprint density at radius 2 is 2.19 bits per heavy atom. The normalized spacial score (nSPS) is 17.7. The number of carboxylic acids is 1. The lowest BCUT2D eigenvalue weighted by atomic mass is 9.89. The lowest BCUT2D eigenvalue weighted by molar-refractivity contribution is -0.160. The second-order valence-corrected chi connectivity index (χ2v) is 8.78. The number of aryl methyl sites for hydroxylation is 2. The van der Waals surface area contributed by atoms with Crippen molar-refractivity contribution in [1.82, 2.24) is 4.98 Å². The molecule has 0 unspecified atom stereocenters. The Hall–Kier alpha value is -1.11. The van der Waals surface area contributed by atoms with E-state index < -0.39 is 17.6 Å². The SMILES string of the molecule is CCSC[C@H](N)[C@](O)(Cc1cc(CCCCC2CC2)c(C)cn1)C(=O)O. The maximum absolute atomic E-state index is 11.7. The van der Waals surface area contributed by atoms with Crippen LogP contribution in [0.15, 0.2) is 12.3 Å². The number of nitrogens with zero attached hydrogens (tertiary/aromatic N) is 1. The lowest BCUT2D eigenvalue weighted by Crippen LogP contribution is -2.57. The van der Waals surface area contributed by atoms with E-state index in [0.717, 1.165) is 30.1 Å². The molecule has 0 bridgehead atoms. The highest BCUT2D eigenvalue weighted by molar-refractivity contribution is 7.99. The lowest BCUT2D eigenvalue weighted by Gasteiger charge is -2.29. The van der Waals surface area contributed by atoms with Gasteiger partial charge < -0.3 is 15.9 Å². The van der Waals surface area contributed by atoms with Crippen LogP contribution in [-0.2, 0) is 17.6 Å². The number of carbonyl (C=O) groups is 1. The summed E-state index contributed by atoms with van der Waals surface area (Å²) in [6, 6.07) is 1.11. The van der Waals surface area contributed by atoms with E-state index in [1.54, 1.807) is 6.20 Å². The van der Waals surface area contributed by atoms with Gasteiger partial charge in [-0.05, 0) is 48.6 Å². The first-order valence-corrected chi connectivity index (χ1v) is 10.8. The number of thioether (sulfide) groups is 1. The molecule has 6 heteroatoms. The summed E-state index contributed by atoms with van der Waals surface area (Å²) in [6.07, 6.45) is 9.16. The third kappa shape index (κ3) is 5.96. The second kappa shape index (κ2) is 9.72. The fourth-order valence-corrected chi connectivity index (χ4v) is 3.93. The Kier molecular flexibility index (Phi) is 7.92. The van der Waals surface area contributed by atoms with Gasteiger partial charge in [-0.2, -0.15) is 11.8 Å². The van der Waals surface area contributed by atoms with Crippen molar-refractivity contribution in [2.24, 2.45) is 11.7 Å². The molecule has 0 aromatic carbocycles. The van der Waals surface area contributed by atoms with Gasteiger partial charge in [0.1, 0.15) is 0 Å². The smallest absolute Gasteiger partial charge is 0.337 e. The number of nitrogens with two attached hydrogens (primary N) is 1. The van der Waals surface area contributed by atoms with E-state index in [-0.39, 0.29) is 6.42 Å². The average Bonchev–Trinajstić information content (AvgIpc) is 3.43. The molecule has 26 heavy (non-hydrogen) atoms. The molecule has 1 aromatic heterocycles. The molecule has 1 aromatic rings. The predicted octanol–water partition coefficient (Wildman–Crippen LogP) is 2.95. The summed E-state index contributed by atoms with van der Waals surface area (Å²) in [6.45, 7) is 4.01. The average molecular weight is 381 g/mol. The Bertz CT molecular complexity index is 607. The molecular formula is C20H32N2O3S. The van der Waals surface area contributed by atoms with Gasteiger partial charge in [-0.25, -0.2) is 4.79 Å². The summed E-state index contributed by atoms with van der Waals surface area (Å²) < 4.78 is 0. The third-order valence-electron chi connectivity index (χ3n) is 5.21. The molecular weight excluding hydrogens is 348 g/mol. The van der Waals surface area contributed by atoms with Crippen molar-refractivity contribution in [3.8, 4) is 0 Å². The van der Waals surface area contributed by atoms with Crippen LogP contribution in [0.1, 0.15) is 55.8 Å². The zero-order chi connectivity index (χ0) is 19.2. The number of aliphatic hydroxyl groups is 1. The number of hydrogen-bond donors (Lipinski definition) is 3. The highest BCUT2D eigenvalue weighted by Crippen LogP contribution is 2.34. The highest BCUT2D eigenvalue weighted by Gasteiger charge is 2.42. The zero-order valence-electron chi connectivity index (χ0n) is 15.9. The van der Waals surface area contributed by atoms with Crippen molar-refractivity contribution in [3.63, 3.8) is 0 Å². The maximum Gasteiger partial charge on any atom is 0.337 e. The Labute approximate surface area is 160 Å². The van der Waals surface area contributed by atoms with Crippen LogP contribution in [0.2, 0.25) is 0 Å². The maximum atomic E-state index is 11.7. The summed E-state index contributed by atoms with van der Waals surface area (Å²) >= 11 is 1.53. The number of carboxylic acid groups (broad SMARTS) is 1. The van der Waals surface area contributed by atoms with Gasteiger partial charge in [-0.3, -0.25) is 4.98 Å². The molecule has 0 amide bonds. The molecule has 0 aliphatic heterocycles. The van der Waals surface area contributed by atoms with E-state index in [1.165, 1.54) is 43.0 Å². The van der Waals surface area contributed by atoms with Crippen molar-refractivity contribution in [2.45, 2.75) is 70.4 Å². The first-order chi connectivity index (χ1) is 12.4. The standard InChI is InChI=1S/C20H32N2O3S/c1-3-26-13-18(21)20(25,19(23)24)11-17-10-16(14(2)12-22-17)7-5-4-6-15-8-9-15/h10,12,15,18,25H,3-9,11,13,21H2,1-2H3,(H,23,24)/t18-,20+/m0/s1. The first-order valence-electron chi connectivity index (χ1n) is 9.60. The van der Waals surface area contributed by atoms with Gasteiger partial charge in [0.15, 0.2) is 5.60 Å². The van der Waals surface area contributed by atoms with Gasteiger partial charge in [0.25, 0.3) is 0 Å². The summed E-state index contributed by atoms with van der Waals surface area (Å²) in [4.78, 5) is 16.0. The molecule has 2 rings (SSSR count). The van der Waals surface area contributed by atoms with Gasteiger partial charge >= 0.3 is 5.97 Å². The van der Waals surface area contributed by atoms with E-state index in [2.05, 4.69) is 4.98 Å². The van der Waals surface area contributed by atoms with Crippen molar-refractivity contribution in [1.29, 1.82) is 0 Å². The summed E-state index contributed by atoms with van der Waals surface area (Å²) in [7, 11) is 0. The van der Waals surface area contributed by atoms with Crippen LogP contribution in [-0.4, -0.2) is 44.3 Å². The molecule has 4 N–H and O–H groups in total.